The number of nitrogens with zero attached hydrogens (tertiary/aromatic N) is 1. The number of aryl methyl sites for hydroxylation is 2. The number of carbonyl (C=O) groups excluding carboxylic acids is 1. The van der Waals surface area contributed by atoms with Gasteiger partial charge in [-0.3, -0.25) is 0 Å². The molecule has 0 atom stereocenters. The maximum Gasteiger partial charge on any atom is 0.315 e. The van der Waals surface area contributed by atoms with E-state index in [0.29, 0.717) is 25.3 Å². The van der Waals surface area contributed by atoms with Crippen molar-refractivity contribution >= 4 is 11.7 Å². The average molecular weight is 333 g/mol. The van der Waals surface area contributed by atoms with Gasteiger partial charge in [-0.25, -0.2) is 9.18 Å². The summed E-state index contributed by atoms with van der Waals surface area (Å²) in [5, 5.41) is 5.60. The Labute approximate surface area is 141 Å². The van der Waals surface area contributed by atoms with Gasteiger partial charge in [0.1, 0.15) is 17.3 Å². The highest BCUT2D eigenvalue weighted by Gasteiger charge is 2.08. The largest absolute Gasteiger partial charge is 0.466 e. The van der Waals surface area contributed by atoms with E-state index in [0.717, 1.165) is 23.5 Å². The Hall–Kier alpha value is -2.50. The van der Waals surface area contributed by atoms with E-state index >= 15 is 0 Å². The lowest BCUT2D eigenvalue weighted by molar-refractivity contribution is 0.240. The Kier molecular flexibility index (Phi) is 6.23. The maximum absolute atomic E-state index is 13.6. The molecule has 0 aliphatic heterocycles. The fourth-order valence-corrected chi connectivity index (χ4v) is 2.50. The van der Waals surface area contributed by atoms with Crippen molar-refractivity contribution in [2.24, 2.45) is 0 Å². The highest BCUT2D eigenvalue weighted by Crippen LogP contribution is 2.16. The minimum Gasteiger partial charge on any atom is -0.466 e. The van der Waals surface area contributed by atoms with Crippen LogP contribution in [0.5, 0.6) is 0 Å². The molecule has 0 unspecified atom stereocenters. The third kappa shape index (κ3) is 5.01. The van der Waals surface area contributed by atoms with Crippen molar-refractivity contribution < 1.29 is 13.6 Å². The molecule has 1 aromatic carbocycles. The molecule has 130 valence electrons. The molecule has 1 aromatic heterocycles. The fraction of sp³-hybridized carbons (Fsp3) is 0.389. The zero-order valence-electron chi connectivity index (χ0n) is 14.4. The third-order valence-corrected chi connectivity index (χ3v) is 3.80. The SMILES string of the molecule is Cc1cc(CNC(=O)NCCCN(C)c2ccccc2F)c(C)o1. The van der Waals surface area contributed by atoms with Crippen LogP contribution in [-0.4, -0.2) is 26.2 Å². The van der Waals surface area contributed by atoms with Gasteiger partial charge in [0.25, 0.3) is 0 Å². The topological polar surface area (TPSA) is 57.5 Å². The Morgan fingerprint density at radius 3 is 2.67 bits per heavy atom. The second kappa shape index (κ2) is 8.38. The average Bonchev–Trinajstić information content (AvgIpc) is 2.87. The Bertz CT molecular complexity index is 685. The summed E-state index contributed by atoms with van der Waals surface area (Å²) in [5.41, 5.74) is 1.54. The molecule has 0 bridgehead atoms. The van der Waals surface area contributed by atoms with Crippen LogP contribution in [-0.2, 0) is 6.54 Å². The van der Waals surface area contributed by atoms with Crippen LogP contribution >= 0.6 is 0 Å². The second-order valence-electron chi connectivity index (χ2n) is 5.77. The van der Waals surface area contributed by atoms with E-state index in [1.54, 1.807) is 18.2 Å². The summed E-state index contributed by atoms with van der Waals surface area (Å²) in [6.45, 7) is 5.36. The Balaban J connectivity index is 1.66. The Morgan fingerprint density at radius 2 is 2.00 bits per heavy atom. The van der Waals surface area contributed by atoms with Gasteiger partial charge in [0.2, 0.25) is 0 Å². The van der Waals surface area contributed by atoms with Gasteiger partial charge in [0.05, 0.1) is 5.69 Å². The maximum atomic E-state index is 13.6. The van der Waals surface area contributed by atoms with E-state index < -0.39 is 0 Å². The quantitative estimate of drug-likeness (QED) is 0.764. The van der Waals surface area contributed by atoms with Gasteiger partial charge in [0.15, 0.2) is 0 Å². The number of nitrogens with one attached hydrogen (secondary N) is 2. The predicted octanol–water partition coefficient (Wildman–Crippen LogP) is 3.36. The van der Waals surface area contributed by atoms with Crippen LogP contribution in [0.4, 0.5) is 14.9 Å². The van der Waals surface area contributed by atoms with Crippen molar-refractivity contribution in [3.8, 4) is 0 Å². The van der Waals surface area contributed by atoms with Crippen molar-refractivity contribution in [2.45, 2.75) is 26.8 Å². The molecule has 5 nitrogen and oxygen atoms in total. The highest BCUT2D eigenvalue weighted by atomic mass is 19.1. The molecule has 1 heterocycles. The molecular formula is C18H24FN3O2. The third-order valence-electron chi connectivity index (χ3n) is 3.80. The zero-order chi connectivity index (χ0) is 17.5. The van der Waals surface area contributed by atoms with Crippen LogP contribution in [0, 0.1) is 19.7 Å². The normalized spacial score (nSPS) is 10.5. The lowest BCUT2D eigenvalue weighted by Gasteiger charge is -2.19. The number of benzene rings is 1. The molecule has 0 saturated carbocycles. The number of furan rings is 1. The number of rotatable bonds is 7. The summed E-state index contributed by atoms with van der Waals surface area (Å²) in [4.78, 5) is 13.6. The first kappa shape index (κ1) is 17.8. The molecule has 6 heteroatoms. The minimum atomic E-state index is -0.239. The number of urea groups is 1. The van der Waals surface area contributed by atoms with E-state index in [4.69, 9.17) is 4.42 Å². The van der Waals surface area contributed by atoms with E-state index in [1.807, 2.05) is 31.9 Å². The molecule has 24 heavy (non-hydrogen) atoms. The standard InChI is InChI=1S/C18H24FN3O2/c1-13-11-15(14(2)24-13)12-21-18(23)20-9-6-10-22(3)17-8-5-4-7-16(17)19/h4-5,7-8,11H,6,9-10,12H2,1-3H3,(H2,20,21,23). The summed E-state index contributed by atoms with van der Waals surface area (Å²) < 4.78 is 19.1. The summed E-state index contributed by atoms with van der Waals surface area (Å²) in [6.07, 6.45) is 0.724. The molecule has 0 fully saturated rings. The molecule has 0 aliphatic rings. The monoisotopic (exact) mass is 333 g/mol. The van der Waals surface area contributed by atoms with Crippen LogP contribution in [0.2, 0.25) is 0 Å². The van der Waals surface area contributed by atoms with Crippen molar-refractivity contribution in [3.63, 3.8) is 0 Å². The highest BCUT2D eigenvalue weighted by molar-refractivity contribution is 5.73. The van der Waals surface area contributed by atoms with Crippen LogP contribution in [0.1, 0.15) is 23.5 Å². The predicted molar refractivity (Wildman–Crippen MR) is 92.7 cm³/mol. The van der Waals surface area contributed by atoms with E-state index in [-0.39, 0.29) is 11.8 Å². The van der Waals surface area contributed by atoms with Gasteiger partial charge < -0.3 is 20.0 Å². The van der Waals surface area contributed by atoms with E-state index in [1.165, 1.54) is 6.07 Å². The fourth-order valence-electron chi connectivity index (χ4n) is 2.50. The summed E-state index contributed by atoms with van der Waals surface area (Å²) in [5.74, 6) is 1.41. The molecule has 0 spiro atoms. The van der Waals surface area contributed by atoms with Gasteiger partial charge >= 0.3 is 6.03 Å². The van der Waals surface area contributed by atoms with Crippen LogP contribution in [0.15, 0.2) is 34.7 Å². The van der Waals surface area contributed by atoms with Crippen LogP contribution < -0.4 is 15.5 Å². The van der Waals surface area contributed by atoms with E-state index in [2.05, 4.69) is 10.6 Å². The summed E-state index contributed by atoms with van der Waals surface area (Å²) >= 11 is 0. The first-order valence-electron chi connectivity index (χ1n) is 8.00. The smallest absolute Gasteiger partial charge is 0.315 e. The molecule has 0 saturated heterocycles. The first-order chi connectivity index (χ1) is 11.5. The van der Waals surface area contributed by atoms with Crippen molar-refractivity contribution in [2.75, 3.05) is 25.0 Å². The van der Waals surface area contributed by atoms with Gasteiger partial charge in [0, 0.05) is 32.2 Å². The molecule has 0 radical (unpaired) electrons. The van der Waals surface area contributed by atoms with Crippen molar-refractivity contribution in [1.29, 1.82) is 0 Å². The van der Waals surface area contributed by atoms with Gasteiger partial charge in [-0.05, 0) is 38.5 Å². The number of hydrogen-bond donors (Lipinski definition) is 2. The first-order valence-corrected chi connectivity index (χ1v) is 8.00. The van der Waals surface area contributed by atoms with Gasteiger partial charge in [-0.1, -0.05) is 12.1 Å². The lowest BCUT2D eigenvalue weighted by atomic mass is 10.2. The summed E-state index contributed by atoms with van der Waals surface area (Å²) in [7, 11) is 1.84. The van der Waals surface area contributed by atoms with E-state index in [9.17, 15) is 9.18 Å². The lowest BCUT2D eigenvalue weighted by Crippen LogP contribution is -2.36. The second-order valence-corrected chi connectivity index (χ2v) is 5.77. The molecular weight excluding hydrogens is 309 g/mol. The van der Waals surface area contributed by atoms with Gasteiger partial charge in [-0.15, -0.1) is 0 Å². The summed E-state index contributed by atoms with van der Waals surface area (Å²) in [6, 6.07) is 8.35. The number of amides is 2. The zero-order valence-corrected chi connectivity index (χ0v) is 14.4. The van der Waals surface area contributed by atoms with Crippen molar-refractivity contribution in [1.82, 2.24) is 10.6 Å². The number of para-hydroxylation sites is 1. The molecule has 2 aromatic rings. The number of hydrogen-bond acceptors (Lipinski definition) is 3. The van der Waals surface area contributed by atoms with Gasteiger partial charge in [-0.2, -0.15) is 0 Å². The molecule has 0 aliphatic carbocycles. The van der Waals surface area contributed by atoms with Crippen LogP contribution in [0.3, 0.4) is 0 Å². The minimum absolute atomic E-state index is 0.221. The number of halogens is 1. The molecule has 2 amide bonds. The molecule has 2 N–H and O–H groups in total. The van der Waals surface area contributed by atoms with Crippen molar-refractivity contribution in [3.05, 3.63) is 53.2 Å². The number of carbonyl (C=O) groups is 1. The number of anilines is 1. The molecule has 2 rings (SSSR count). The van der Waals surface area contributed by atoms with Crippen LogP contribution in [0.25, 0.3) is 0 Å². The Morgan fingerprint density at radius 1 is 1.25 bits per heavy atom.